The third kappa shape index (κ3) is 3.03. The van der Waals surface area contributed by atoms with Crippen LogP contribution in [0.25, 0.3) is 0 Å². The van der Waals surface area contributed by atoms with Gasteiger partial charge in [0.2, 0.25) is 0 Å². The molecule has 6 nitrogen and oxygen atoms in total. The molecule has 1 saturated heterocycles. The summed E-state index contributed by atoms with van der Waals surface area (Å²) < 4.78 is 10.4. The number of benzene rings is 1. The number of hydrogen-bond acceptors (Lipinski definition) is 4. The maximum absolute atomic E-state index is 11.9. The van der Waals surface area contributed by atoms with E-state index in [-0.39, 0.29) is 11.5 Å². The molecule has 1 atom stereocenters. The zero-order valence-corrected chi connectivity index (χ0v) is 10.5. The second kappa shape index (κ2) is 5.71. The Hall–Kier alpha value is -2.08. The van der Waals surface area contributed by atoms with Gasteiger partial charge in [0.05, 0.1) is 18.4 Å². The van der Waals surface area contributed by atoms with Crippen molar-refractivity contribution in [3.63, 3.8) is 0 Å². The predicted molar refractivity (Wildman–Crippen MR) is 67.6 cm³/mol. The van der Waals surface area contributed by atoms with E-state index in [2.05, 4.69) is 5.32 Å². The monoisotopic (exact) mass is 265 g/mol. The average Bonchev–Trinajstić information content (AvgIpc) is 2.92. The van der Waals surface area contributed by atoms with Crippen molar-refractivity contribution in [3.05, 3.63) is 23.8 Å². The number of ether oxygens (including phenoxy) is 2. The molecule has 19 heavy (non-hydrogen) atoms. The highest BCUT2D eigenvalue weighted by Crippen LogP contribution is 2.26. The fourth-order valence-electron chi connectivity index (χ4n) is 1.94. The molecular formula is C13H15NO5. The lowest BCUT2D eigenvalue weighted by molar-refractivity contribution is -0.124. The van der Waals surface area contributed by atoms with Gasteiger partial charge in [0.25, 0.3) is 5.91 Å². The summed E-state index contributed by atoms with van der Waals surface area (Å²) in [6.45, 7) is 0.574. The standard InChI is InChI=1S/C13H15NO5/c1-18-10-5-4-8(13(16)17)7-9(10)14-12(15)11-3-2-6-19-11/h4-5,7,11H,2-3,6H2,1H3,(H,14,15)(H,16,17)/t11-/m1/s1. The van der Waals surface area contributed by atoms with Crippen LogP contribution in [0.2, 0.25) is 0 Å². The molecule has 1 heterocycles. The van der Waals surface area contributed by atoms with E-state index in [4.69, 9.17) is 14.6 Å². The van der Waals surface area contributed by atoms with E-state index in [0.29, 0.717) is 24.5 Å². The molecule has 0 aliphatic carbocycles. The van der Waals surface area contributed by atoms with Gasteiger partial charge in [0.1, 0.15) is 11.9 Å². The highest BCUT2D eigenvalue weighted by molar-refractivity contribution is 5.97. The van der Waals surface area contributed by atoms with Gasteiger partial charge in [-0.05, 0) is 31.0 Å². The number of carbonyl (C=O) groups is 2. The van der Waals surface area contributed by atoms with Crippen LogP contribution in [-0.4, -0.2) is 36.8 Å². The van der Waals surface area contributed by atoms with Crippen molar-refractivity contribution in [2.75, 3.05) is 19.0 Å². The number of carboxylic acids is 1. The van der Waals surface area contributed by atoms with E-state index >= 15 is 0 Å². The number of hydrogen-bond donors (Lipinski definition) is 2. The van der Waals surface area contributed by atoms with Crippen LogP contribution < -0.4 is 10.1 Å². The maximum atomic E-state index is 11.9. The third-order valence-corrected chi connectivity index (χ3v) is 2.93. The molecule has 2 rings (SSSR count). The molecule has 0 saturated carbocycles. The summed E-state index contributed by atoms with van der Waals surface area (Å²) >= 11 is 0. The van der Waals surface area contributed by atoms with Gasteiger partial charge in [0, 0.05) is 6.61 Å². The minimum absolute atomic E-state index is 0.0865. The van der Waals surface area contributed by atoms with Crippen LogP contribution in [0.3, 0.4) is 0 Å². The Kier molecular flexibility index (Phi) is 4.01. The summed E-state index contributed by atoms with van der Waals surface area (Å²) in [4.78, 5) is 22.8. The molecule has 0 spiro atoms. The lowest BCUT2D eigenvalue weighted by atomic mass is 10.1. The van der Waals surface area contributed by atoms with E-state index in [1.165, 1.54) is 25.3 Å². The van der Waals surface area contributed by atoms with Crippen molar-refractivity contribution < 1.29 is 24.2 Å². The molecular weight excluding hydrogens is 250 g/mol. The number of nitrogens with one attached hydrogen (secondary N) is 1. The number of carboxylic acid groups (broad SMARTS) is 1. The lowest BCUT2D eigenvalue weighted by Crippen LogP contribution is -2.27. The number of rotatable bonds is 4. The van der Waals surface area contributed by atoms with Gasteiger partial charge in [-0.2, -0.15) is 0 Å². The fraction of sp³-hybridized carbons (Fsp3) is 0.385. The first kappa shape index (κ1) is 13.4. The van der Waals surface area contributed by atoms with Gasteiger partial charge in [-0.3, -0.25) is 4.79 Å². The number of aromatic carboxylic acids is 1. The van der Waals surface area contributed by atoms with Gasteiger partial charge >= 0.3 is 5.97 Å². The van der Waals surface area contributed by atoms with Crippen molar-refractivity contribution in [1.29, 1.82) is 0 Å². The molecule has 1 aromatic rings. The summed E-state index contributed by atoms with van der Waals surface area (Å²) in [6, 6.07) is 4.30. The molecule has 1 fully saturated rings. The van der Waals surface area contributed by atoms with Gasteiger partial charge in [0.15, 0.2) is 0 Å². The Morgan fingerprint density at radius 2 is 2.26 bits per heavy atom. The zero-order chi connectivity index (χ0) is 13.8. The normalized spacial score (nSPS) is 18.1. The second-order valence-corrected chi connectivity index (χ2v) is 4.21. The molecule has 0 aromatic heterocycles. The first-order valence-electron chi connectivity index (χ1n) is 5.95. The number of carbonyl (C=O) groups excluding carboxylic acids is 1. The quantitative estimate of drug-likeness (QED) is 0.862. The molecule has 1 aliphatic rings. The summed E-state index contributed by atoms with van der Waals surface area (Å²) in [5, 5.41) is 11.6. The van der Waals surface area contributed by atoms with Crippen LogP contribution in [0.15, 0.2) is 18.2 Å². The molecule has 102 valence electrons. The summed E-state index contributed by atoms with van der Waals surface area (Å²) in [5.74, 6) is -0.926. The van der Waals surface area contributed by atoms with E-state index in [1.807, 2.05) is 0 Å². The topological polar surface area (TPSA) is 84.9 Å². The van der Waals surface area contributed by atoms with Gasteiger partial charge in [-0.1, -0.05) is 0 Å². The lowest BCUT2D eigenvalue weighted by Gasteiger charge is -2.13. The van der Waals surface area contributed by atoms with Crippen molar-refractivity contribution in [2.45, 2.75) is 18.9 Å². The van der Waals surface area contributed by atoms with Gasteiger partial charge in [-0.25, -0.2) is 4.79 Å². The van der Waals surface area contributed by atoms with E-state index in [0.717, 1.165) is 6.42 Å². The van der Waals surface area contributed by atoms with E-state index in [9.17, 15) is 9.59 Å². The number of anilines is 1. The molecule has 1 aromatic carbocycles. The molecule has 1 aliphatic heterocycles. The van der Waals surface area contributed by atoms with Crippen molar-refractivity contribution in [3.8, 4) is 5.75 Å². The summed E-state index contributed by atoms with van der Waals surface area (Å²) in [5.41, 5.74) is 0.423. The van der Waals surface area contributed by atoms with Crippen molar-refractivity contribution in [2.24, 2.45) is 0 Å². The molecule has 0 unspecified atom stereocenters. The van der Waals surface area contributed by atoms with Gasteiger partial charge in [-0.15, -0.1) is 0 Å². The first-order valence-corrected chi connectivity index (χ1v) is 5.95. The number of methoxy groups -OCH3 is 1. The highest BCUT2D eigenvalue weighted by atomic mass is 16.5. The van der Waals surface area contributed by atoms with E-state index < -0.39 is 12.1 Å². The van der Waals surface area contributed by atoms with Crippen LogP contribution in [0.4, 0.5) is 5.69 Å². The average molecular weight is 265 g/mol. The second-order valence-electron chi connectivity index (χ2n) is 4.21. The zero-order valence-electron chi connectivity index (χ0n) is 10.5. The third-order valence-electron chi connectivity index (χ3n) is 2.93. The molecule has 0 bridgehead atoms. The van der Waals surface area contributed by atoms with Crippen LogP contribution >= 0.6 is 0 Å². The fourth-order valence-corrected chi connectivity index (χ4v) is 1.94. The van der Waals surface area contributed by atoms with Gasteiger partial charge < -0.3 is 19.9 Å². The first-order chi connectivity index (χ1) is 9.11. The molecule has 1 amide bonds. The Bertz CT molecular complexity index is 494. The largest absolute Gasteiger partial charge is 0.495 e. The minimum atomic E-state index is -1.06. The predicted octanol–water partition coefficient (Wildman–Crippen LogP) is 1.51. The Morgan fingerprint density at radius 1 is 1.47 bits per heavy atom. The molecule has 6 heteroatoms. The van der Waals surface area contributed by atoms with Crippen LogP contribution in [0.1, 0.15) is 23.2 Å². The SMILES string of the molecule is COc1ccc(C(=O)O)cc1NC(=O)[C@H]1CCCO1. The Balaban J connectivity index is 2.19. The maximum Gasteiger partial charge on any atom is 0.335 e. The molecule has 0 radical (unpaired) electrons. The van der Waals surface area contributed by atoms with Crippen LogP contribution in [-0.2, 0) is 9.53 Å². The van der Waals surface area contributed by atoms with Crippen molar-refractivity contribution >= 4 is 17.6 Å². The summed E-state index contributed by atoms with van der Waals surface area (Å²) in [7, 11) is 1.46. The molecule has 2 N–H and O–H groups in total. The smallest absolute Gasteiger partial charge is 0.335 e. The summed E-state index contributed by atoms with van der Waals surface area (Å²) in [6.07, 6.45) is 1.05. The van der Waals surface area contributed by atoms with Crippen molar-refractivity contribution in [1.82, 2.24) is 0 Å². The van der Waals surface area contributed by atoms with Crippen LogP contribution in [0, 0.1) is 0 Å². The Labute approximate surface area is 110 Å². The Morgan fingerprint density at radius 3 is 2.84 bits per heavy atom. The van der Waals surface area contributed by atoms with Crippen LogP contribution in [0.5, 0.6) is 5.75 Å². The number of amides is 1. The van der Waals surface area contributed by atoms with E-state index in [1.54, 1.807) is 0 Å². The minimum Gasteiger partial charge on any atom is -0.495 e. The highest BCUT2D eigenvalue weighted by Gasteiger charge is 2.24.